The maximum Gasteiger partial charge on any atom is 0.308 e. The molecule has 2 aromatic carbocycles. The van der Waals surface area contributed by atoms with Crippen LogP contribution in [0.5, 0.6) is 0 Å². The van der Waals surface area contributed by atoms with E-state index in [1.54, 1.807) is 24.4 Å². The number of nitrogens with zero attached hydrogens (tertiary/aromatic N) is 1. The average molecular weight is 378 g/mol. The van der Waals surface area contributed by atoms with Crippen LogP contribution in [0.3, 0.4) is 0 Å². The van der Waals surface area contributed by atoms with Crippen LogP contribution < -0.4 is 0 Å². The van der Waals surface area contributed by atoms with Gasteiger partial charge in [-0.1, -0.05) is 53.5 Å². The zero-order chi connectivity index (χ0) is 18.4. The Bertz CT molecular complexity index is 732. The van der Waals surface area contributed by atoms with E-state index in [0.29, 0.717) is 10.0 Å². The molecule has 0 amide bonds. The summed E-state index contributed by atoms with van der Waals surface area (Å²) in [7, 11) is 0. The molecular formula is C20H21Cl2NO2. The van der Waals surface area contributed by atoms with Gasteiger partial charge in [-0.25, -0.2) is 0 Å². The summed E-state index contributed by atoms with van der Waals surface area (Å²) in [6.45, 7) is 5.51. The molecule has 25 heavy (non-hydrogen) atoms. The van der Waals surface area contributed by atoms with Crippen LogP contribution in [0.25, 0.3) is 0 Å². The van der Waals surface area contributed by atoms with Crippen LogP contribution in [0.2, 0.25) is 10.0 Å². The molecule has 0 N–H and O–H groups in total. The number of esters is 1. The van der Waals surface area contributed by atoms with Crippen molar-refractivity contribution >= 4 is 35.4 Å². The minimum atomic E-state index is -0.545. The van der Waals surface area contributed by atoms with Gasteiger partial charge in [0.1, 0.15) is 5.60 Å². The third kappa shape index (κ3) is 6.89. The Kier molecular flexibility index (Phi) is 6.63. The van der Waals surface area contributed by atoms with Gasteiger partial charge in [0.05, 0.1) is 12.5 Å². The highest BCUT2D eigenvalue weighted by Crippen LogP contribution is 2.29. The highest BCUT2D eigenvalue weighted by molar-refractivity contribution is 6.34. The van der Waals surface area contributed by atoms with Crippen LogP contribution >= 0.6 is 23.2 Å². The van der Waals surface area contributed by atoms with Gasteiger partial charge in [0.25, 0.3) is 0 Å². The van der Waals surface area contributed by atoms with E-state index >= 15 is 0 Å². The Morgan fingerprint density at radius 1 is 1.12 bits per heavy atom. The highest BCUT2D eigenvalue weighted by Gasteiger charge is 2.21. The van der Waals surface area contributed by atoms with Crippen LogP contribution in [0.1, 0.15) is 44.4 Å². The van der Waals surface area contributed by atoms with Crippen LogP contribution in [-0.4, -0.2) is 17.8 Å². The summed E-state index contributed by atoms with van der Waals surface area (Å²) in [6, 6.07) is 14.4. The number of hydrogen-bond acceptors (Lipinski definition) is 3. The number of carbonyl (C=O) groups excluding carboxylic acids is 1. The minimum absolute atomic E-state index is 0.108. The molecule has 2 rings (SSSR count). The molecule has 0 fully saturated rings. The number of benzene rings is 2. The Morgan fingerprint density at radius 2 is 1.72 bits per heavy atom. The minimum Gasteiger partial charge on any atom is -0.460 e. The van der Waals surface area contributed by atoms with Crippen LogP contribution in [0.15, 0.2) is 53.5 Å². The van der Waals surface area contributed by atoms with Gasteiger partial charge in [0, 0.05) is 16.3 Å². The van der Waals surface area contributed by atoms with Crippen molar-refractivity contribution in [2.24, 2.45) is 4.99 Å². The zero-order valence-corrected chi connectivity index (χ0v) is 16.0. The van der Waals surface area contributed by atoms with Gasteiger partial charge in [-0.05, 0) is 50.1 Å². The SMILES string of the molecule is CC(C)(C)OC(=O)C[C@H](N=Cc1ccccc1)c1cc(Cl)cc(Cl)c1. The standard InChI is InChI=1S/C20H21Cl2NO2/c1-20(2,3)25-19(24)12-18(15-9-16(21)11-17(22)10-15)23-13-14-7-5-4-6-8-14/h4-11,13,18H,12H2,1-3H3/t18-/m0/s1. The van der Waals surface area contributed by atoms with Crippen molar-refractivity contribution in [3.05, 3.63) is 69.7 Å². The van der Waals surface area contributed by atoms with Gasteiger partial charge < -0.3 is 4.74 Å². The van der Waals surface area contributed by atoms with E-state index in [4.69, 9.17) is 27.9 Å². The molecule has 0 heterocycles. The van der Waals surface area contributed by atoms with E-state index in [1.807, 2.05) is 51.1 Å². The van der Waals surface area contributed by atoms with Crippen molar-refractivity contribution in [1.82, 2.24) is 0 Å². The van der Waals surface area contributed by atoms with E-state index in [9.17, 15) is 4.79 Å². The lowest BCUT2D eigenvalue weighted by atomic mass is 10.0. The van der Waals surface area contributed by atoms with Crippen LogP contribution in [0, 0.1) is 0 Å². The van der Waals surface area contributed by atoms with E-state index in [-0.39, 0.29) is 12.4 Å². The fourth-order valence-corrected chi connectivity index (χ4v) is 2.82. The molecule has 0 aliphatic heterocycles. The van der Waals surface area contributed by atoms with Crippen molar-refractivity contribution in [3.8, 4) is 0 Å². The molecule has 5 heteroatoms. The predicted octanol–water partition coefficient (Wildman–Crippen LogP) is 5.89. The van der Waals surface area contributed by atoms with Crippen LogP contribution in [0.4, 0.5) is 0 Å². The number of ether oxygens (including phenoxy) is 1. The maximum absolute atomic E-state index is 12.3. The molecule has 0 saturated carbocycles. The molecule has 0 unspecified atom stereocenters. The summed E-state index contributed by atoms with van der Waals surface area (Å²) in [5, 5.41) is 1.01. The number of rotatable bonds is 5. The van der Waals surface area contributed by atoms with Crippen molar-refractivity contribution in [2.45, 2.75) is 38.8 Å². The molecule has 0 bridgehead atoms. The van der Waals surface area contributed by atoms with Crippen molar-refractivity contribution in [2.75, 3.05) is 0 Å². The molecule has 0 aliphatic rings. The average Bonchev–Trinajstić information content (AvgIpc) is 2.49. The Hall–Kier alpha value is -1.84. The quantitative estimate of drug-likeness (QED) is 0.481. The monoisotopic (exact) mass is 377 g/mol. The zero-order valence-electron chi connectivity index (χ0n) is 14.5. The number of aliphatic imine (C=N–C) groups is 1. The molecule has 3 nitrogen and oxygen atoms in total. The van der Waals surface area contributed by atoms with Gasteiger partial charge in [0.15, 0.2) is 0 Å². The van der Waals surface area contributed by atoms with E-state index in [2.05, 4.69) is 4.99 Å². The van der Waals surface area contributed by atoms with E-state index in [0.717, 1.165) is 11.1 Å². The smallest absolute Gasteiger partial charge is 0.308 e. The van der Waals surface area contributed by atoms with Crippen molar-refractivity contribution in [1.29, 1.82) is 0 Å². The fourth-order valence-electron chi connectivity index (χ4n) is 2.28. The first-order valence-corrected chi connectivity index (χ1v) is 8.74. The lowest BCUT2D eigenvalue weighted by molar-refractivity contribution is -0.155. The largest absolute Gasteiger partial charge is 0.460 e. The first kappa shape index (κ1) is 19.5. The molecular weight excluding hydrogens is 357 g/mol. The molecule has 132 valence electrons. The number of halogens is 2. The summed E-state index contributed by atoms with van der Waals surface area (Å²) in [5.41, 5.74) is 1.18. The topological polar surface area (TPSA) is 38.7 Å². The maximum atomic E-state index is 12.3. The lowest BCUT2D eigenvalue weighted by Crippen LogP contribution is -2.24. The molecule has 0 aliphatic carbocycles. The second-order valence-electron chi connectivity index (χ2n) is 6.70. The molecule has 0 spiro atoms. The van der Waals surface area contributed by atoms with Gasteiger partial charge in [0.2, 0.25) is 0 Å². The van der Waals surface area contributed by atoms with E-state index in [1.165, 1.54) is 0 Å². The summed E-state index contributed by atoms with van der Waals surface area (Å²) >= 11 is 12.2. The third-order valence-electron chi connectivity index (χ3n) is 3.25. The predicted molar refractivity (Wildman–Crippen MR) is 104 cm³/mol. The first-order chi connectivity index (χ1) is 11.7. The fraction of sp³-hybridized carbons (Fsp3) is 0.300. The van der Waals surface area contributed by atoms with E-state index < -0.39 is 11.6 Å². The summed E-state index contributed by atoms with van der Waals surface area (Å²) in [6.07, 6.45) is 1.85. The number of carbonyl (C=O) groups is 1. The molecule has 0 radical (unpaired) electrons. The lowest BCUT2D eigenvalue weighted by Gasteiger charge is -2.21. The molecule has 2 aromatic rings. The molecule has 0 aromatic heterocycles. The van der Waals surface area contributed by atoms with Crippen molar-refractivity contribution in [3.63, 3.8) is 0 Å². The van der Waals surface area contributed by atoms with Gasteiger partial charge in [-0.3, -0.25) is 9.79 Å². The molecule has 0 saturated heterocycles. The third-order valence-corrected chi connectivity index (χ3v) is 3.69. The van der Waals surface area contributed by atoms with Gasteiger partial charge >= 0.3 is 5.97 Å². The second kappa shape index (κ2) is 8.50. The normalized spacial score (nSPS) is 13.0. The Labute approximate surface area is 158 Å². The molecule has 1 atom stereocenters. The summed E-state index contributed by atoms with van der Waals surface area (Å²) < 4.78 is 5.42. The highest BCUT2D eigenvalue weighted by atomic mass is 35.5. The second-order valence-corrected chi connectivity index (χ2v) is 7.57. The summed E-state index contributed by atoms with van der Waals surface area (Å²) in [5.74, 6) is -0.321. The Morgan fingerprint density at radius 3 is 2.28 bits per heavy atom. The van der Waals surface area contributed by atoms with Gasteiger partial charge in [-0.2, -0.15) is 0 Å². The van der Waals surface area contributed by atoms with Crippen molar-refractivity contribution < 1.29 is 9.53 Å². The van der Waals surface area contributed by atoms with Crippen LogP contribution in [-0.2, 0) is 9.53 Å². The van der Waals surface area contributed by atoms with Gasteiger partial charge in [-0.15, -0.1) is 0 Å². The summed E-state index contributed by atoms with van der Waals surface area (Å²) in [4.78, 5) is 16.8. The first-order valence-electron chi connectivity index (χ1n) is 7.99. The number of hydrogen-bond donors (Lipinski definition) is 0. The Balaban J connectivity index is 2.27.